The lowest BCUT2D eigenvalue weighted by Crippen LogP contribution is -2.39. The number of hydrogen-bond donors (Lipinski definition) is 2. The predicted molar refractivity (Wildman–Crippen MR) is 86.8 cm³/mol. The van der Waals surface area contributed by atoms with Gasteiger partial charge in [-0.15, -0.1) is 0 Å². The maximum Gasteiger partial charge on any atom is 0.220 e. The second-order valence-corrected chi connectivity index (χ2v) is 6.31. The molecule has 1 aliphatic carbocycles. The third-order valence-electron chi connectivity index (χ3n) is 4.66. The predicted octanol–water partition coefficient (Wildman–Crippen LogP) is 3.55. The largest absolute Gasteiger partial charge is 0.353 e. The van der Waals surface area contributed by atoms with Crippen LogP contribution in [0.2, 0.25) is 0 Å². The molecule has 1 aromatic rings. The van der Waals surface area contributed by atoms with Crippen molar-refractivity contribution in [2.24, 2.45) is 11.7 Å². The molecule has 0 spiro atoms. The van der Waals surface area contributed by atoms with Crippen LogP contribution in [0.5, 0.6) is 0 Å². The molecular formula is C18H28N2O. The summed E-state index contributed by atoms with van der Waals surface area (Å²) in [5.41, 5.74) is 7.24. The molecule has 1 unspecified atom stereocenters. The van der Waals surface area contributed by atoms with Crippen LogP contribution in [0, 0.1) is 5.92 Å². The lowest BCUT2D eigenvalue weighted by atomic mass is 9.84. The van der Waals surface area contributed by atoms with Gasteiger partial charge in [0.1, 0.15) is 0 Å². The summed E-state index contributed by atoms with van der Waals surface area (Å²) in [5, 5.41) is 3.16. The van der Waals surface area contributed by atoms with Gasteiger partial charge in [-0.3, -0.25) is 4.79 Å². The van der Waals surface area contributed by atoms with E-state index in [1.165, 1.54) is 32.1 Å². The van der Waals surface area contributed by atoms with E-state index in [2.05, 4.69) is 12.2 Å². The van der Waals surface area contributed by atoms with Crippen LogP contribution in [-0.4, -0.2) is 11.9 Å². The van der Waals surface area contributed by atoms with Gasteiger partial charge in [-0.05, 0) is 37.7 Å². The Hall–Kier alpha value is -1.35. The van der Waals surface area contributed by atoms with Crippen LogP contribution in [0.4, 0.5) is 0 Å². The van der Waals surface area contributed by atoms with Crippen molar-refractivity contribution in [2.75, 3.05) is 0 Å². The minimum atomic E-state index is -0.0538. The summed E-state index contributed by atoms with van der Waals surface area (Å²) in [4.78, 5) is 12.1. The van der Waals surface area contributed by atoms with Crippen LogP contribution in [0.25, 0.3) is 0 Å². The Balaban J connectivity index is 1.71. The van der Waals surface area contributed by atoms with Gasteiger partial charge in [-0.25, -0.2) is 0 Å². The molecule has 0 heterocycles. The topological polar surface area (TPSA) is 55.1 Å². The third-order valence-corrected chi connectivity index (χ3v) is 4.66. The molecule has 3 N–H and O–H groups in total. The SMILES string of the molecule is C[C@@H](NC(=O)CCC(N)c1ccccc1)C1CCCCC1. The molecule has 1 saturated carbocycles. The van der Waals surface area contributed by atoms with E-state index in [0.29, 0.717) is 24.8 Å². The van der Waals surface area contributed by atoms with Crippen LogP contribution in [0.15, 0.2) is 30.3 Å². The molecule has 2 rings (SSSR count). The fourth-order valence-electron chi connectivity index (χ4n) is 3.23. The highest BCUT2D eigenvalue weighted by atomic mass is 16.1. The smallest absolute Gasteiger partial charge is 0.220 e. The Kier molecular flexibility index (Phi) is 6.24. The van der Waals surface area contributed by atoms with Crippen LogP contribution in [-0.2, 0) is 4.79 Å². The molecule has 2 atom stereocenters. The first-order valence-corrected chi connectivity index (χ1v) is 8.26. The number of nitrogens with two attached hydrogens (primary N) is 1. The van der Waals surface area contributed by atoms with Crippen molar-refractivity contribution in [3.63, 3.8) is 0 Å². The van der Waals surface area contributed by atoms with Crippen molar-refractivity contribution in [3.8, 4) is 0 Å². The first kappa shape index (κ1) is 16.0. The van der Waals surface area contributed by atoms with Crippen LogP contribution < -0.4 is 11.1 Å². The Bertz CT molecular complexity index is 426. The third kappa shape index (κ3) is 5.16. The van der Waals surface area contributed by atoms with Gasteiger partial charge in [0.15, 0.2) is 0 Å². The zero-order valence-corrected chi connectivity index (χ0v) is 13.1. The maximum absolute atomic E-state index is 12.1. The monoisotopic (exact) mass is 288 g/mol. The van der Waals surface area contributed by atoms with Crippen LogP contribution in [0.3, 0.4) is 0 Å². The highest BCUT2D eigenvalue weighted by Gasteiger charge is 2.21. The van der Waals surface area contributed by atoms with Gasteiger partial charge in [0, 0.05) is 18.5 Å². The Morgan fingerprint density at radius 2 is 1.90 bits per heavy atom. The number of carbonyl (C=O) groups excluding carboxylic acids is 1. The van der Waals surface area contributed by atoms with Gasteiger partial charge in [0.2, 0.25) is 5.91 Å². The number of carbonyl (C=O) groups is 1. The fraction of sp³-hybridized carbons (Fsp3) is 0.611. The van der Waals surface area contributed by atoms with Crippen LogP contribution >= 0.6 is 0 Å². The molecule has 0 bridgehead atoms. The van der Waals surface area contributed by atoms with Crippen molar-refractivity contribution >= 4 is 5.91 Å². The van der Waals surface area contributed by atoms with Gasteiger partial charge < -0.3 is 11.1 Å². The van der Waals surface area contributed by atoms with E-state index < -0.39 is 0 Å². The molecule has 1 amide bonds. The molecule has 3 heteroatoms. The normalized spacial score (nSPS) is 19.0. The zero-order valence-electron chi connectivity index (χ0n) is 13.1. The molecule has 0 saturated heterocycles. The van der Waals surface area contributed by atoms with Crippen molar-refractivity contribution in [1.82, 2.24) is 5.32 Å². The van der Waals surface area contributed by atoms with Gasteiger partial charge in [-0.2, -0.15) is 0 Å². The van der Waals surface area contributed by atoms with Gasteiger partial charge in [0.05, 0.1) is 0 Å². The average Bonchev–Trinajstić information content (AvgIpc) is 2.54. The van der Waals surface area contributed by atoms with E-state index in [9.17, 15) is 4.79 Å². The van der Waals surface area contributed by atoms with E-state index in [1.807, 2.05) is 30.3 Å². The highest BCUT2D eigenvalue weighted by Crippen LogP contribution is 2.26. The van der Waals surface area contributed by atoms with Crippen LogP contribution in [0.1, 0.15) is 63.5 Å². The van der Waals surface area contributed by atoms with Crippen molar-refractivity contribution < 1.29 is 4.79 Å². The molecular weight excluding hydrogens is 260 g/mol. The standard InChI is InChI=1S/C18H28N2O/c1-14(15-8-4-2-5-9-15)20-18(21)13-12-17(19)16-10-6-3-7-11-16/h3,6-7,10-11,14-15,17H,2,4-5,8-9,12-13,19H2,1H3,(H,20,21)/t14-,17?/m1/s1. The first-order valence-electron chi connectivity index (χ1n) is 8.26. The summed E-state index contributed by atoms with van der Waals surface area (Å²) < 4.78 is 0. The maximum atomic E-state index is 12.1. The highest BCUT2D eigenvalue weighted by molar-refractivity contribution is 5.76. The molecule has 1 aromatic carbocycles. The van der Waals surface area contributed by atoms with E-state index in [-0.39, 0.29) is 11.9 Å². The lowest BCUT2D eigenvalue weighted by molar-refractivity contribution is -0.122. The molecule has 21 heavy (non-hydrogen) atoms. The zero-order chi connectivity index (χ0) is 15.1. The number of amides is 1. The quantitative estimate of drug-likeness (QED) is 0.841. The summed E-state index contributed by atoms with van der Waals surface area (Å²) in [6, 6.07) is 10.2. The summed E-state index contributed by atoms with van der Waals surface area (Å²) in [6.45, 7) is 2.14. The molecule has 3 nitrogen and oxygen atoms in total. The van der Waals surface area contributed by atoms with Crippen molar-refractivity contribution in [3.05, 3.63) is 35.9 Å². The molecule has 0 aliphatic heterocycles. The van der Waals surface area contributed by atoms with Gasteiger partial charge in [0.25, 0.3) is 0 Å². The lowest BCUT2D eigenvalue weighted by Gasteiger charge is -2.28. The Morgan fingerprint density at radius 3 is 2.57 bits per heavy atom. The molecule has 1 fully saturated rings. The molecule has 0 aromatic heterocycles. The van der Waals surface area contributed by atoms with E-state index in [4.69, 9.17) is 5.73 Å². The average molecular weight is 288 g/mol. The molecule has 1 aliphatic rings. The second kappa shape index (κ2) is 8.18. The number of rotatable bonds is 6. The van der Waals surface area contributed by atoms with Gasteiger partial charge in [-0.1, -0.05) is 49.6 Å². The Labute approximate surface area is 128 Å². The Morgan fingerprint density at radius 1 is 1.24 bits per heavy atom. The van der Waals surface area contributed by atoms with E-state index in [0.717, 1.165) is 5.56 Å². The first-order chi connectivity index (χ1) is 10.2. The second-order valence-electron chi connectivity index (χ2n) is 6.31. The molecule has 0 radical (unpaired) electrons. The van der Waals surface area contributed by atoms with E-state index >= 15 is 0 Å². The number of benzene rings is 1. The van der Waals surface area contributed by atoms with Crippen molar-refractivity contribution in [1.29, 1.82) is 0 Å². The van der Waals surface area contributed by atoms with E-state index in [1.54, 1.807) is 0 Å². The van der Waals surface area contributed by atoms with Gasteiger partial charge >= 0.3 is 0 Å². The summed E-state index contributed by atoms with van der Waals surface area (Å²) in [5.74, 6) is 0.796. The molecule has 116 valence electrons. The fourth-order valence-corrected chi connectivity index (χ4v) is 3.23. The summed E-state index contributed by atoms with van der Waals surface area (Å²) in [6.07, 6.45) is 7.69. The minimum Gasteiger partial charge on any atom is -0.353 e. The van der Waals surface area contributed by atoms with Crippen molar-refractivity contribution in [2.45, 2.75) is 64.0 Å². The number of nitrogens with one attached hydrogen (secondary N) is 1. The summed E-state index contributed by atoms with van der Waals surface area (Å²) in [7, 11) is 0. The minimum absolute atomic E-state index is 0.0538. The number of hydrogen-bond acceptors (Lipinski definition) is 2. The summed E-state index contributed by atoms with van der Waals surface area (Å²) >= 11 is 0.